The van der Waals surface area contributed by atoms with Gasteiger partial charge in [0.05, 0.1) is 26.4 Å². The Morgan fingerprint density at radius 2 is 1.58 bits per heavy atom. The third-order valence-electron chi connectivity index (χ3n) is 6.00. The van der Waals surface area contributed by atoms with E-state index in [1.54, 1.807) is 0 Å². The molecular weight excluding hydrogens is 420 g/mol. The summed E-state index contributed by atoms with van der Waals surface area (Å²) in [6.45, 7) is 8.15. The van der Waals surface area contributed by atoms with Crippen LogP contribution in [0.3, 0.4) is 0 Å². The quantitative estimate of drug-likeness (QED) is 0.451. The molecule has 2 aromatic carbocycles. The van der Waals surface area contributed by atoms with E-state index in [1.165, 1.54) is 0 Å². The Kier molecular flexibility index (Phi) is 8.17. The minimum atomic E-state index is -1.01. The topological polar surface area (TPSA) is 55.4 Å². The van der Waals surface area contributed by atoms with E-state index in [9.17, 15) is 0 Å². The van der Waals surface area contributed by atoms with E-state index in [-0.39, 0.29) is 18.8 Å². The van der Waals surface area contributed by atoms with Crippen molar-refractivity contribution in [3.05, 3.63) is 71.8 Å². The summed E-state index contributed by atoms with van der Waals surface area (Å²) in [5.74, 6) is -1.76. The average molecular weight is 457 g/mol. The van der Waals surface area contributed by atoms with Crippen molar-refractivity contribution in [3.8, 4) is 0 Å². The molecule has 33 heavy (non-hydrogen) atoms. The van der Waals surface area contributed by atoms with Crippen LogP contribution in [-0.4, -0.2) is 49.7 Å². The Morgan fingerprint density at radius 1 is 0.909 bits per heavy atom. The van der Waals surface area contributed by atoms with E-state index >= 15 is 0 Å². The Morgan fingerprint density at radius 3 is 2.24 bits per heavy atom. The molecular formula is C27H36O6. The van der Waals surface area contributed by atoms with Gasteiger partial charge >= 0.3 is 0 Å². The Labute approximate surface area is 197 Å². The fourth-order valence-corrected chi connectivity index (χ4v) is 4.23. The molecule has 0 aromatic heterocycles. The molecule has 2 aliphatic rings. The highest BCUT2D eigenvalue weighted by Gasteiger charge is 2.62. The van der Waals surface area contributed by atoms with Crippen molar-refractivity contribution in [2.24, 2.45) is 0 Å². The van der Waals surface area contributed by atoms with E-state index < -0.39 is 17.7 Å². The van der Waals surface area contributed by atoms with Crippen LogP contribution in [0, 0.1) is 0 Å². The van der Waals surface area contributed by atoms with Crippen molar-refractivity contribution in [1.82, 2.24) is 0 Å². The van der Waals surface area contributed by atoms with Gasteiger partial charge in [-0.25, -0.2) is 0 Å². The molecule has 6 heteroatoms. The number of ether oxygens (including phenoxy) is 6. The largest absolute Gasteiger partial charge is 0.374 e. The van der Waals surface area contributed by atoms with Gasteiger partial charge in [-0.3, -0.25) is 0 Å². The lowest BCUT2D eigenvalue weighted by Gasteiger charge is -2.45. The average Bonchev–Trinajstić information content (AvgIpc) is 3.11. The third-order valence-corrected chi connectivity index (χ3v) is 6.00. The summed E-state index contributed by atoms with van der Waals surface area (Å²) in [6.07, 6.45) is 0.844. The predicted molar refractivity (Wildman–Crippen MR) is 124 cm³/mol. The van der Waals surface area contributed by atoms with Crippen molar-refractivity contribution in [2.45, 2.75) is 76.7 Å². The molecule has 2 fully saturated rings. The van der Waals surface area contributed by atoms with Crippen molar-refractivity contribution >= 4 is 0 Å². The fraction of sp³-hybridized carbons (Fsp3) is 0.556. The van der Waals surface area contributed by atoms with E-state index in [1.807, 2.05) is 62.4 Å². The fourth-order valence-electron chi connectivity index (χ4n) is 4.23. The summed E-state index contributed by atoms with van der Waals surface area (Å²) in [5.41, 5.74) is 2.21. The molecule has 0 spiro atoms. The first-order chi connectivity index (χ1) is 16.0. The van der Waals surface area contributed by atoms with E-state index in [0.29, 0.717) is 26.4 Å². The molecule has 0 amide bonds. The number of fused-ring (bicyclic) bond motifs is 1. The minimum Gasteiger partial charge on any atom is -0.374 e. The molecule has 4 atom stereocenters. The Hall–Kier alpha value is -1.80. The molecule has 0 radical (unpaired) electrons. The second-order valence-electron chi connectivity index (χ2n) is 9.16. The standard InChI is InChI=1S/C27H36O6/c1-4-5-16-30-27-20-31-26(2,3)33-25(27)24(29-18-22-14-10-7-11-15-22)23(32-27)19-28-17-21-12-8-6-9-13-21/h6-15,23-25H,4-5,16-20H2,1-3H3/t23-,24-,25+,27+/m1/s1. The van der Waals surface area contributed by atoms with Gasteiger partial charge in [-0.05, 0) is 31.4 Å². The van der Waals surface area contributed by atoms with Gasteiger partial charge in [-0.2, -0.15) is 0 Å². The zero-order valence-corrected chi connectivity index (χ0v) is 19.9. The molecule has 2 aliphatic heterocycles. The van der Waals surface area contributed by atoms with Crippen LogP contribution in [0.4, 0.5) is 0 Å². The van der Waals surface area contributed by atoms with Crippen molar-refractivity contribution in [1.29, 1.82) is 0 Å². The normalized spacial score (nSPS) is 28.5. The van der Waals surface area contributed by atoms with Crippen LogP contribution in [0.25, 0.3) is 0 Å². The SMILES string of the molecule is CCCCO[C@]12COC(C)(C)O[C@H]1[C@H](OCc1ccccc1)[C@@H](COCc1ccccc1)O2. The molecule has 2 heterocycles. The van der Waals surface area contributed by atoms with Gasteiger partial charge in [0.2, 0.25) is 5.79 Å². The number of rotatable bonds is 11. The predicted octanol–water partition coefficient (Wildman–Crippen LogP) is 4.85. The number of unbranched alkanes of at least 4 members (excludes halogenated alkanes) is 1. The summed E-state index contributed by atoms with van der Waals surface area (Å²) in [5, 5.41) is 0. The maximum absolute atomic E-state index is 6.51. The monoisotopic (exact) mass is 456 g/mol. The van der Waals surface area contributed by atoms with Crippen LogP contribution >= 0.6 is 0 Å². The van der Waals surface area contributed by atoms with Crippen LogP contribution in [0.5, 0.6) is 0 Å². The molecule has 0 aliphatic carbocycles. The maximum Gasteiger partial charge on any atom is 0.222 e. The first kappa shape index (κ1) is 24.3. The number of hydrogen-bond donors (Lipinski definition) is 0. The van der Waals surface area contributed by atoms with Gasteiger partial charge < -0.3 is 28.4 Å². The highest BCUT2D eigenvalue weighted by molar-refractivity contribution is 5.14. The zero-order chi connectivity index (χ0) is 23.2. The number of hydrogen-bond acceptors (Lipinski definition) is 6. The highest BCUT2D eigenvalue weighted by Crippen LogP contribution is 2.43. The van der Waals surface area contributed by atoms with Gasteiger partial charge in [-0.1, -0.05) is 74.0 Å². The van der Waals surface area contributed by atoms with Gasteiger partial charge in [-0.15, -0.1) is 0 Å². The van der Waals surface area contributed by atoms with Crippen LogP contribution in [0.15, 0.2) is 60.7 Å². The van der Waals surface area contributed by atoms with Crippen LogP contribution in [0.2, 0.25) is 0 Å². The second-order valence-corrected chi connectivity index (χ2v) is 9.16. The van der Waals surface area contributed by atoms with Crippen molar-refractivity contribution in [2.75, 3.05) is 19.8 Å². The lowest BCUT2D eigenvalue weighted by molar-refractivity contribution is -0.390. The Balaban J connectivity index is 1.50. The van der Waals surface area contributed by atoms with Gasteiger partial charge in [0, 0.05) is 0 Å². The zero-order valence-electron chi connectivity index (χ0n) is 19.9. The van der Waals surface area contributed by atoms with E-state index in [2.05, 4.69) is 19.1 Å². The van der Waals surface area contributed by atoms with Gasteiger partial charge in [0.1, 0.15) is 24.9 Å². The van der Waals surface area contributed by atoms with Crippen LogP contribution < -0.4 is 0 Å². The van der Waals surface area contributed by atoms with Crippen LogP contribution in [0.1, 0.15) is 44.7 Å². The summed E-state index contributed by atoms with van der Waals surface area (Å²) in [7, 11) is 0. The molecule has 0 bridgehead atoms. The first-order valence-corrected chi connectivity index (χ1v) is 11.9. The lowest BCUT2D eigenvalue weighted by atomic mass is 10.0. The smallest absolute Gasteiger partial charge is 0.222 e. The molecule has 0 unspecified atom stereocenters. The van der Waals surface area contributed by atoms with Crippen molar-refractivity contribution in [3.63, 3.8) is 0 Å². The second kappa shape index (κ2) is 11.1. The highest BCUT2D eigenvalue weighted by atomic mass is 16.8. The summed E-state index contributed by atoms with van der Waals surface area (Å²) in [6, 6.07) is 20.2. The number of benzene rings is 2. The third kappa shape index (κ3) is 6.21. The van der Waals surface area contributed by atoms with Crippen LogP contribution in [-0.2, 0) is 41.6 Å². The first-order valence-electron chi connectivity index (χ1n) is 11.9. The summed E-state index contributed by atoms with van der Waals surface area (Å²) >= 11 is 0. The van der Waals surface area contributed by atoms with Crippen molar-refractivity contribution < 1.29 is 28.4 Å². The van der Waals surface area contributed by atoms with Gasteiger partial charge in [0.15, 0.2) is 5.79 Å². The molecule has 0 N–H and O–H groups in total. The molecule has 2 saturated heterocycles. The van der Waals surface area contributed by atoms with E-state index in [4.69, 9.17) is 28.4 Å². The molecule has 180 valence electrons. The van der Waals surface area contributed by atoms with Gasteiger partial charge in [0.25, 0.3) is 0 Å². The van der Waals surface area contributed by atoms with E-state index in [0.717, 1.165) is 24.0 Å². The minimum absolute atomic E-state index is 0.286. The maximum atomic E-state index is 6.51. The lowest BCUT2D eigenvalue weighted by Crippen LogP contribution is -2.60. The molecule has 4 rings (SSSR count). The summed E-state index contributed by atoms with van der Waals surface area (Å²) in [4.78, 5) is 0. The Bertz CT molecular complexity index is 842. The molecule has 2 aromatic rings. The summed E-state index contributed by atoms with van der Waals surface area (Å²) < 4.78 is 37.7. The molecule has 6 nitrogen and oxygen atoms in total. The molecule has 0 saturated carbocycles.